The van der Waals surface area contributed by atoms with E-state index in [4.69, 9.17) is 0 Å². The van der Waals surface area contributed by atoms with Crippen molar-refractivity contribution < 1.29 is 9.59 Å². The number of hydrogen-bond acceptors (Lipinski definition) is 5. The maximum Gasteiger partial charge on any atom is 0.245 e. The van der Waals surface area contributed by atoms with Gasteiger partial charge in [-0.3, -0.25) is 14.9 Å². The molecule has 6 nitrogen and oxygen atoms in total. The Labute approximate surface area is 113 Å². The topological polar surface area (TPSA) is 83.1 Å². The summed E-state index contributed by atoms with van der Waals surface area (Å²) < 4.78 is 1.03. The molecule has 1 unspecified atom stereocenters. The lowest BCUT2D eigenvalue weighted by Gasteiger charge is -2.22. The van der Waals surface area contributed by atoms with E-state index in [-0.39, 0.29) is 18.4 Å². The van der Waals surface area contributed by atoms with Crippen LogP contribution >= 0.6 is 11.3 Å². The molecule has 0 spiro atoms. The van der Waals surface area contributed by atoms with Crippen LogP contribution in [0.1, 0.15) is 0 Å². The molecule has 1 aromatic heterocycles. The highest BCUT2D eigenvalue weighted by molar-refractivity contribution is 7.22. The number of fused-ring (bicyclic) bond motifs is 1. The fourth-order valence-corrected chi connectivity index (χ4v) is 2.74. The molecule has 1 aromatic carbocycles. The number of thiazole rings is 1. The molecule has 0 aliphatic carbocycles. The summed E-state index contributed by atoms with van der Waals surface area (Å²) in [5.74, 6) is -0.275. The minimum atomic E-state index is -0.412. The average molecular weight is 276 g/mol. The molecule has 1 aliphatic heterocycles. The number of nitrogens with zero attached hydrogens (tertiary/aromatic N) is 1. The van der Waals surface area contributed by atoms with Gasteiger partial charge in [0.1, 0.15) is 6.04 Å². The summed E-state index contributed by atoms with van der Waals surface area (Å²) in [6, 6.07) is 7.29. The molecule has 0 bridgehead atoms. The van der Waals surface area contributed by atoms with Gasteiger partial charge in [0.15, 0.2) is 5.13 Å². The Kier molecular flexibility index (Phi) is 3.14. The van der Waals surface area contributed by atoms with E-state index in [1.807, 2.05) is 24.3 Å². The SMILES string of the molecule is O=C1CNC(C(=O)Nc2nc3ccccc3s2)CN1. The number of carbonyl (C=O) groups is 2. The van der Waals surface area contributed by atoms with Gasteiger partial charge in [0.05, 0.1) is 16.8 Å². The summed E-state index contributed by atoms with van der Waals surface area (Å²) >= 11 is 1.43. The number of hydrogen-bond donors (Lipinski definition) is 3. The van der Waals surface area contributed by atoms with Crippen LogP contribution in [0.5, 0.6) is 0 Å². The number of aromatic nitrogens is 1. The van der Waals surface area contributed by atoms with Gasteiger partial charge >= 0.3 is 0 Å². The third kappa shape index (κ3) is 2.56. The Bertz CT molecular complexity index is 596. The third-order valence-electron chi connectivity index (χ3n) is 2.85. The predicted octanol–water partition coefficient (Wildman–Crippen LogP) is 0.323. The van der Waals surface area contributed by atoms with Crippen LogP contribution in [0.15, 0.2) is 24.3 Å². The quantitative estimate of drug-likeness (QED) is 0.738. The van der Waals surface area contributed by atoms with Gasteiger partial charge in [0.2, 0.25) is 11.8 Å². The molecule has 0 saturated carbocycles. The fraction of sp³-hybridized carbons (Fsp3) is 0.250. The van der Waals surface area contributed by atoms with Crippen molar-refractivity contribution in [1.29, 1.82) is 0 Å². The number of anilines is 1. The number of piperazine rings is 1. The van der Waals surface area contributed by atoms with Crippen LogP contribution in [0.2, 0.25) is 0 Å². The van der Waals surface area contributed by atoms with Crippen LogP contribution in [-0.2, 0) is 9.59 Å². The summed E-state index contributed by atoms with van der Waals surface area (Å²) in [6.07, 6.45) is 0. The van der Waals surface area contributed by atoms with Crippen molar-refractivity contribution in [1.82, 2.24) is 15.6 Å². The first-order valence-corrected chi connectivity index (χ1v) is 6.70. The second-order valence-electron chi connectivity index (χ2n) is 4.21. The first-order valence-electron chi connectivity index (χ1n) is 5.89. The molecule has 1 saturated heterocycles. The van der Waals surface area contributed by atoms with Crippen molar-refractivity contribution in [2.75, 3.05) is 18.4 Å². The fourth-order valence-electron chi connectivity index (χ4n) is 1.87. The molecule has 3 rings (SSSR count). The zero-order valence-electron chi connectivity index (χ0n) is 9.97. The predicted molar refractivity (Wildman–Crippen MR) is 73.1 cm³/mol. The van der Waals surface area contributed by atoms with E-state index < -0.39 is 6.04 Å². The summed E-state index contributed by atoms with van der Waals surface area (Å²) in [5.41, 5.74) is 0.868. The highest BCUT2D eigenvalue weighted by Gasteiger charge is 2.24. The first kappa shape index (κ1) is 12.1. The zero-order chi connectivity index (χ0) is 13.2. The summed E-state index contributed by atoms with van der Waals surface area (Å²) in [5, 5.41) is 8.87. The Morgan fingerprint density at radius 1 is 1.42 bits per heavy atom. The van der Waals surface area contributed by atoms with Gasteiger partial charge in [-0.15, -0.1) is 0 Å². The monoisotopic (exact) mass is 276 g/mol. The first-order chi connectivity index (χ1) is 9.22. The van der Waals surface area contributed by atoms with Gasteiger partial charge in [-0.1, -0.05) is 23.5 Å². The van der Waals surface area contributed by atoms with Crippen molar-refractivity contribution in [2.24, 2.45) is 0 Å². The maximum atomic E-state index is 12.0. The lowest BCUT2D eigenvalue weighted by molar-refractivity contribution is -0.124. The van der Waals surface area contributed by atoms with Crippen LogP contribution < -0.4 is 16.0 Å². The van der Waals surface area contributed by atoms with E-state index in [0.717, 1.165) is 10.2 Å². The summed E-state index contributed by atoms with van der Waals surface area (Å²) in [7, 11) is 0. The van der Waals surface area contributed by atoms with E-state index in [2.05, 4.69) is 20.9 Å². The van der Waals surface area contributed by atoms with Crippen LogP contribution in [-0.4, -0.2) is 35.9 Å². The van der Waals surface area contributed by atoms with Crippen LogP contribution in [0.4, 0.5) is 5.13 Å². The Balaban J connectivity index is 1.70. The zero-order valence-corrected chi connectivity index (χ0v) is 10.8. The average Bonchev–Trinajstić information content (AvgIpc) is 2.81. The van der Waals surface area contributed by atoms with Crippen molar-refractivity contribution in [3.8, 4) is 0 Å². The van der Waals surface area contributed by atoms with Crippen molar-refractivity contribution in [3.05, 3.63) is 24.3 Å². The molecule has 1 fully saturated rings. The van der Waals surface area contributed by atoms with Crippen LogP contribution in [0.3, 0.4) is 0 Å². The third-order valence-corrected chi connectivity index (χ3v) is 3.80. The second kappa shape index (κ2) is 4.94. The van der Waals surface area contributed by atoms with Crippen molar-refractivity contribution >= 4 is 38.5 Å². The molecule has 7 heteroatoms. The smallest absolute Gasteiger partial charge is 0.245 e. The van der Waals surface area contributed by atoms with Gasteiger partial charge in [0.25, 0.3) is 0 Å². The lowest BCUT2D eigenvalue weighted by Crippen LogP contribution is -2.56. The van der Waals surface area contributed by atoms with Crippen molar-refractivity contribution in [2.45, 2.75) is 6.04 Å². The number of benzene rings is 1. The molecule has 19 heavy (non-hydrogen) atoms. The van der Waals surface area contributed by atoms with Gasteiger partial charge in [-0.2, -0.15) is 0 Å². The minimum Gasteiger partial charge on any atom is -0.353 e. The standard InChI is InChI=1S/C12H12N4O2S/c17-10-6-13-8(5-14-10)11(18)16-12-15-7-3-1-2-4-9(7)19-12/h1-4,8,13H,5-6H2,(H,14,17)(H,15,16,18). The number of nitrogens with one attached hydrogen (secondary N) is 3. The molecule has 0 radical (unpaired) electrons. The molecular weight excluding hydrogens is 264 g/mol. The molecular formula is C12H12N4O2S. The largest absolute Gasteiger partial charge is 0.353 e. The second-order valence-corrected chi connectivity index (χ2v) is 5.24. The van der Waals surface area contributed by atoms with E-state index in [0.29, 0.717) is 11.7 Å². The molecule has 2 amide bonds. The van der Waals surface area contributed by atoms with E-state index in [9.17, 15) is 9.59 Å². The minimum absolute atomic E-state index is 0.0935. The number of para-hydroxylation sites is 1. The molecule has 3 N–H and O–H groups in total. The highest BCUT2D eigenvalue weighted by atomic mass is 32.1. The van der Waals surface area contributed by atoms with E-state index >= 15 is 0 Å². The molecule has 1 aliphatic rings. The summed E-state index contributed by atoms with van der Waals surface area (Å²) in [4.78, 5) is 27.3. The van der Waals surface area contributed by atoms with Gasteiger partial charge in [-0.05, 0) is 12.1 Å². The van der Waals surface area contributed by atoms with Gasteiger partial charge in [0, 0.05) is 6.54 Å². The van der Waals surface area contributed by atoms with Gasteiger partial charge < -0.3 is 10.6 Å². The Morgan fingerprint density at radius 2 is 2.26 bits per heavy atom. The maximum absolute atomic E-state index is 12.0. The lowest BCUT2D eigenvalue weighted by atomic mass is 10.2. The number of carbonyl (C=O) groups excluding carboxylic acids is 2. The Hall–Kier alpha value is -1.99. The van der Waals surface area contributed by atoms with Crippen LogP contribution in [0.25, 0.3) is 10.2 Å². The molecule has 2 aromatic rings. The number of rotatable bonds is 2. The highest BCUT2D eigenvalue weighted by Crippen LogP contribution is 2.25. The number of amides is 2. The van der Waals surface area contributed by atoms with Crippen LogP contribution in [0, 0.1) is 0 Å². The molecule has 2 heterocycles. The van der Waals surface area contributed by atoms with E-state index in [1.165, 1.54) is 11.3 Å². The normalized spacial score (nSPS) is 19.2. The summed E-state index contributed by atoms with van der Waals surface area (Å²) in [6.45, 7) is 0.466. The van der Waals surface area contributed by atoms with Crippen molar-refractivity contribution in [3.63, 3.8) is 0 Å². The molecule has 1 atom stereocenters. The van der Waals surface area contributed by atoms with E-state index in [1.54, 1.807) is 0 Å². The van der Waals surface area contributed by atoms with Gasteiger partial charge in [-0.25, -0.2) is 4.98 Å². The molecule has 98 valence electrons. The Morgan fingerprint density at radius 3 is 3.00 bits per heavy atom.